The minimum absolute atomic E-state index is 0. The molecule has 0 atom stereocenters. The van der Waals surface area contributed by atoms with Crippen LogP contribution in [-0.2, 0) is 0 Å². The van der Waals surface area contributed by atoms with E-state index in [1.54, 1.807) is 0 Å². The van der Waals surface area contributed by atoms with Crippen LogP contribution in [-0.4, -0.2) is 26.2 Å². The van der Waals surface area contributed by atoms with E-state index in [2.05, 4.69) is 10.6 Å². The summed E-state index contributed by atoms with van der Waals surface area (Å²) in [4.78, 5) is 0. The zero-order valence-electron chi connectivity index (χ0n) is 6.54. The number of hydrogen-bond donors (Lipinski definition) is 3. The van der Waals surface area contributed by atoms with E-state index in [1.165, 1.54) is 0 Å². The third-order valence-electron chi connectivity index (χ3n) is 0.957. The van der Waals surface area contributed by atoms with Crippen LogP contribution in [0.25, 0.3) is 0 Å². The highest BCUT2D eigenvalue weighted by molar-refractivity contribution is 4.59. The van der Waals surface area contributed by atoms with Crippen LogP contribution in [0, 0.1) is 0 Å². The van der Waals surface area contributed by atoms with Gasteiger partial charge in [-0.2, -0.15) is 0 Å². The first-order valence-electron chi connectivity index (χ1n) is 3.41. The van der Waals surface area contributed by atoms with E-state index in [0.717, 1.165) is 26.2 Å². The Morgan fingerprint density at radius 3 is 1.11 bits per heavy atom. The number of hydrogen-bond acceptors (Lipinski definition) is 3. The lowest BCUT2D eigenvalue weighted by Gasteiger charge is -2.11. The first-order chi connectivity index (χ1) is 4.00. The van der Waals surface area contributed by atoms with Gasteiger partial charge in [-0.15, -0.1) is 0 Å². The van der Waals surface area contributed by atoms with Crippen molar-refractivity contribution < 1.29 is 0 Å². The first-order valence-corrected chi connectivity index (χ1v) is 3.41. The van der Waals surface area contributed by atoms with Gasteiger partial charge >= 0.3 is 0 Å². The summed E-state index contributed by atoms with van der Waals surface area (Å²) in [5, 5.41) is 6.44. The average Bonchev–Trinajstić information content (AvgIpc) is 1.96. The second kappa shape index (κ2) is 10.8. The molecular formula is C6H19N3. The van der Waals surface area contributed by atoms with Crippen LogP contribution in [0.1, 0.15) is 13.8 Å². The van der Waals surface area contributed by atoms with Gasteiger partial charge in [-0.25, -0.2) is 0 Å². The van der Waals surface area contributed by atoms with Crippen molar-refractivity contribution in [2.24, 2.45) is 0 Å². The van der Waals surface area contributed by atoms with Crippen molar-refractivity contribution in [2.75, 3.05) is 26.2 Å². The maximum absolute atomic E-state index is 3.22. The number of rotatable bonds is 0. The molecule has 0 saturated carbocycles. The largest absolute Gasteiger partial charge is 0.344 e. The number of piperazine rings is 1. The molecule has 58 valence electrons. The summed E-state index contributed by atoms with van der Waals surface area (Å²) < 4.78 is 0. The Balaban J connectivity index is 0. The van der Waals surface area contributed by atoms with Gasteiger partial charge in [-0.05, 0) is 0 Å². The zero-order chi connectivity index (χ0) is 6.24. The Morgan fingerprint density at radius 2 is 1.00 bits per heavy atom. The standard InChI is InChI=1S/C4H10N2.C2H6.H3N/c1-2-6-4-3-5-1;1-2;/h5-6H,1-4H2;1-2H3;1H3. The molecule has 0 aromatic carbocycles. The quantitative estimate of drug-likeness (QED) is 0.447. The van der Waals surface area contributed by atoms with Gasteiger partial charge in [0.05, 0.1) is 0 Å². The molecule has 1 rings (SSSR count). The van der Waals surface area contributed by atoms with Gasteiger partial charge in [0.2, 0.25) is 0 Å². The van der Waals surface area contributed by atoms with E-state index in [-0.39, 0.29) is 6.15 Å². The SMILES string of the molecule is C1CNCCN1.CC.N. The lowest BCUT2D eigenvalue weighted by atomic mass is 10.4. The Kier molecular flexibility index (Phi) is 14.0. The first kappa shape index (κ1) is 11.6. The predicted molar refractivity (Wildman–Crippen MR) is 42.1 cm³/mol. The summed E-state index contributed by atoms with van der Waals surface area (Å²) in [6, 6.07) is 0. The van der Waals surface area contributed by atoms with Crippen LogP contribution in [0.15, 0.2) is 0 Å². The fourth-order valence-electron chi connectivity index (χ4n) is 0.604. The van der Waals surface area contributed by atoms with Crippen LogP contribution in [0.4, 0.5) is 0 Å². The maximum atomic E-state index is 3.22. The summed E-state index contributed by atoms with van der Waals surface area (Å²) in [7, 11) is 0. The molecule has 0 bridgehead atoms. The highest BCUT2D eigenvalue weighted by atomic mass is 15.0. The predicted octanol–water partition coefficient (Wildman–Crippen LogP) is 0.367. The monoisotopic (exact) mass is 133 g/mol. The van der Waals surface area contributed by atoms with Crippen molar-refractivity contribution in [1.29, 1.82) is 0 Å². The van der Waals surface area contributed by atoms with Gasteiger partial charge in [0.25, 0.3) is 0 Å². The third kappa shape index (κ3) is 7.88. The van der Waals surface area contributed by atoms with Crippen molar-refractivity contribution in [2.45, 2.75) is 13.8 Å². The minimum Gasteiger partial charge on any atom is -0.344 e. The van der Waals surface area contributed by atoms with E-state index < -0.39 is 0 Å². The smallest absolute Gasteiger partial charge is 0.00772 e. The maximum Gasteiger partial charge on any atom is 0.00772 e. The van der Waals surface area contributed by atoms with Crippen molar-refractivity contribution in [3.63, 3.8) is 0 Å². The van der Waals surface area contributed by atoms with Crippen molar-refractivity contribution in [3.8, 4) is 0 Å². The normalized spacial score (nSPS) is 16.7. The summed E-state index contributed by atoms with van der Waals surface area (Å²) >= 11 is 0. The molecule has 0 aliphatic carbocycles. The average molecular weight is 133 g/mol. The van der Waals surface area contributed by atoms with Crippen molar-refractivity contribution >= 4 is 0 Å². The van der Waals surface area contributed by atoms with Gasteiger partial charge in [0.15, 0.2) is 0 Å². The second-order valence-corrected chi connectivity index (χ2v) is 1.50. The van der Waals surface area contributed by atoms with Gasteiger partial charge in [0.1, 0.15) is 0 Å². The molecule has 0 amide bonds. The van der Waals surface area contributed by atoms with E-state index in [9.17, 15) is 0 Å². The molecule has 9 heavy (non-hydrogen) atoms. The lowest BCUT2D eigenvalue weighted by Crippen LogP contribution is -2.39. The van der Waals surface area contributed by atoms with Gasteiger partial charge in [-0.3, -0.25) is 0 Å². The van der Waals surface area contributed by atoms with Crippen LogP contribution in [0.3, 0.4) is 0 Å². The highest BCUT2D eigenvalue weighted by Gasteiger charge is 1.91. The third-order valence-corrected chi connectivity index (χ3v) is 0.957. The fraction of sp³-hybridized carbons (Fsp3) is 1.00. The van der Waals surface area contributed by atoms with E-state index >= 15 is 0 Å². The van der Waals surface area contributed by atoms with Crippen LogP contribution in [0.2, 0.25) is 0 Å². The van der Waals surface area contributed by atoms with E-state index in [4.69, 9.17) is 0 Å². The zero-order valence-corrected chi connectivity index (χ0v) is 6.54. The van der Waals surface area contributed by atoms with Gasteiger partial charge < -0.3 is 16.8 Å². The summed E-state index contributed by atoms with van der Waals surface area (Å²) in [5.41, 5.74) is 0. The van der Waals surface area contributed by atoms with Crippen molar-refractivity contribution in [1.82, 2.24) is 16.8 Å². The molecule has 0 unspecified atom stereocenters. The summed E-state index contributed by atoms with van der Waals surface area (Å²) in [6.45, 7) is 8.56. The Bertz CT molecular complexity index is 23.8. The molecule has 0 spiro atoms. The molecule has 0 aromatic rings. The Labute approximate surface area is 57.8 Å². The van der Waals surface area contributed by atoms with Crippen LogP contribution < -0.4 is 16.8 Å². The molecule has 0 radical (unpaired) electrons. The van der Waals surface area contributed by atoms with E-state index in [1.807, 2.05) is 13.8 Å². The fourth-order valence-corrected chi connectivity index (χ4v) is 0.604. The van der Waals surface area contributed by atoms with Gasteiger partial charge in [-0.1, -0.05) is 13.8 Å². The minimum atomic E-state index is 0. The molecule has 3 heteroatoms. The second-order valence-electron chi connectivity index (χ2n) is 1.50. The topological polar surface area (TPSA) is 59.1 Å². The van der Waals surface area contributed by atoms with Gasteiger partial charge in [0, 0.05) is 26.2 Å². The molecule has 1 aliphatic heterocycles. The molecule has 1 aliphatic rings. The van der Waals surface area contributed by atoms with Crippen molar-refractivity contribution in [3.05, 3.63) is 0 Å². The van der Waals surface area contributed by atoms with Crippen LogP contribution in [0.5, 0.6) is 0 Å². The highest BCUT2D eigenvalue weighted by Crippen LogP contribution is 1.65. The van der Waals surface area contributed by atoms with E-state index in [0.29, 0.717) is 0 Å². The Morgan fingerprint density at radius 1 is 0.778 bits per heavy atom. The molecule has 1 fully saturated rings. The molecular weight excluding hydrogens is 114 g/mol. The molecule has 0 aromatic heterocycles. The summed E-state index contributed by atoms with van der Waals surface area (Å²) in [6.07, 6.45) is 0. The number of nitrogens with one attached hydrogen (secondary N) is 2. The molecule has 1 heterocycles. The van der Waals surface area contributed by atoms with Crippen LogP contribution >= 0.6 is 0 Å². The lowest BCUT2D eigenvalue weighted by molar-refractivity contribution is 0.534. The molecule has 3 nitrogen and oxygen atoms in total. The Hall–Kier alpha value is -0.120. The summed E-state index contributed by atoms with van der Waals surface area (Å²) in [5.74, 6) is 0. The molecule has 1 saturated heterocycles. The molecule has 5 N–H and O–H groups in total.